The van der Waals surface area contributed by atoms with Crippen LogP contribution in [-0.2, 0) is 0 Å². The number of para-hydroxylation sites is 2. The summed E-state index contributed by atoms with van der Waals surface area (Å²) in [6, 6.07) is 7.84. The molecule has 0 aliphatic carbocycles. The minimum absolute atomic E-state index is 0.0136. The van der Waals surface area contributed by atoms with Crippen LogP contribution in [0.5, 0.6) is 0 Å². The number of nitrogens with one attached hydrogen (secondary N) is 2. The average Bonchev–Trinajstić information content (AvgIpc) is 3.22. The van der Waals surface area contributed by atoms with Crippen molar-refractivity contribution >= 4 is 22.8 Å². The number of piperidine rings is 1. The Bertz CT molecular complexity index is 1250. The molecule has 8 heteroatoms. The lowest BCUT2D eigenvalue weighted by Crippen LogP contribution is -2.45. The van der Waals surface area contributed by atoms with Crippen LogP contribution in [0.4, 0.5) is 0 Å². The van der Waals surface area contributed by atoms with Gasteiger partial charge in [-0.2, -0.15) is 0 Å². The van der Waals surface area contributed by atoms with Crippen molar-refractivity contribution in [1.29, 1.82) is 0 Å². The van der Waals surface area contributed by atoms with E-state index in [2.05, 4.69) is 10.3 Å². The molecule has 0 saturated carbocycles. The molecule has 1 aliphatic heterocycles. The summed E-state index contributed by atoms with van der Waals surface area (Å²) in [7, 11) is 0. The second kappa shape index (κ2) is 9.08. The molecule has 1 unspecified atom stereocenters. The Hall–Kier alpha value is -3.42. The quantitative estimate of drug-likeness (QED) is 0.614. The maximum Gasteiger partial charge on any atom is 0.259 e. The smallest absolute Gasteiger partial charge is 0.259 e. The number of benzene rings is 1. The molecule has 2 amide bonds. The summed E-state index contributed by atoms with van der Waals surface area (Å²) in [6.45, 7) is 10.5. The van der Waals surface area contributed by atoms with Crippen LogP contribution in [0.25, 0.3) is 11.0 Å². The lowest BCUT2D eigenvalue weighted by atomic mass is 9.96. The van der Waals surface area contributed by atoms with Gasteiger partial charge in [-0.1, -0.05) is 12.1 Å². The monoisotopic (exact) mass is 463 g/mol. The number of likely N-dealkylation sites (tertiary alicyclic amines) is 1. The minimum atomic E-state index is -0.533. The van der Waals surface area contributed by atoms with Crippen molar-refractivity contribution in [2.75, 3.05) is 13.1 Å². The minimum Gasteiger partial charge on any atom is -0.350 e. The fraction of sp³-hybridized carbons (Fsp3) is 0.462. The van der Waals surface area contributed by atoms with Crippen LogP contribution in [0.15, 0.2) is 41.5 Å². The average molecular weight is 464 g/mol. The van der Waals surface area contributed by atoms with Gasteiger partial charge in [0.2, 0.25) is 5.43 Å². The number of carbonyl (C=O) groups excluding carboxylic acids is 2. The van der Waals surface area contributed by atoms with Crippen LogP contribution in [0, 0.1) is 0 Å². The number of hydrogen-bond donors (Lipinski definition) is 2. The number of H-pyrrole nitrogens is 1. The standard InChI is InChI=1S/C26H33N5O3/c1-16(2)31-14-18(24(33)29-26(3,4)5)22(32)19(15-31)25(34)30-12-8-9-17(13-30)23-27-20-10-6-7-11-21(20)28-23/h6-7,10-11,14-17H,8-9,12-13H2,1-5H3,(H,27,28)(H,29,33). The zero-order valence-electron chi connectivity index (χ0n) is 20.5. The van der Waals surface area contributed by atoms with Gasteiger partial charge < -0.3 is 19.8 Å². The summed E-state index contributed by atoms with van der Waals surface area (Å²) >= 11 is 0. The third-order valence-corrected chi connectivity index (χ3v) is 6.11. The van der Waals surface area contributed by atoms with E-state index in [0.717, 1.165) is 29.7 Å². The molecule has 180 valence electrons. The first-order valence-electron chi connectivity index (χ1n) is 11.9. The maximum atomic E-state index is 13.6. The molecule has 0 spiro atoms. The summed E-state index contributed by atoms with van der Waals surface area (Å²) in [5.41, 5.74) is 0.853. The Labute approximate surface area is 199 Å². The van der Waals surface area contributed by atoms with Gasteiger partial charge in [0.15, 0.2) is 0 Å². The molecule has 8 nitrogen and oxygen atoms in total. The highest BCUT2D eigenvalue weighted by Crippen LogP contribution is 2.27. The number of aromatic nitrogens is 3. The van der Waals surface area contributed by atoms with Gasteiger partial charge in [-0.25, -0.2) is 4.98 Å². The van der Waals surface area contributed by atoms with Gasteiger partial charge >= 0.3 is 0 Å². The molecule has 1 saturated heterocycles. The summed E-state index contributed by atoms with van der Waals surface area (Å²) < 4.78 is 1.76. The van der Waals surface area contributed by atoms with E-state index in [-0.39, 0.29) is 29.0 Å². The predicted octanol–water partition coefficient (Wildman–Crippen LogP) is 3.85. The summed E-state index contributed by atoms with van der Waals surface area (Å²) in [6.07, 6.45) is 4.84. The molecular weight excluding hydrogens is 430 g/mol. The zero-order valence-corrected chi connectivity index (χ0v) is 20.5. The molecule has 1 aliphatic rings. The Morgan fingerprint density at radius 1 is 1.15 bits per heavy atom. The van der Waals surface area contributed by atoms with Gasteiger partial charge in [-0.15, -0.1) is 0 Å². The molecule has 1 aromatic carbocycles. The van der Waals surface area contributed by atoms with Crippen molar-refractivity contribution in [3.8, 4) is 0 Å². The van der Waals surface area contributed by atoms with Crippen LogP contribution in [0.2, 0.25) is 0 Å². The molecule has 2 N–H and O–H groups in total. The second-order valence-corrected chi connectivity index (χ2v) is 10.4. The van der Waals surface area contributed by atoms with E-state index in [9.17, 15) is 14.4 Å². The van der Waals surface area contributed by atoms with Crippen molar-refractivity contribution in [1.82, 2.24) is 24.8 Å². The van der Waals surface area contributed by atoms with Crippen molar-refractivity contribution in [3.63, 3.8) is 0 Å². The van der Waals surface area contributed by atoms with Crippen LogP contribution >= 0.6 is 0 Å². The van der Waals surface area contributed by atoms with Gasteiger partial charge in [0.05, 0.1) is 11.0 Å². The van der Waals surface area contributed by atoms with Gasteiger partial charge in [-0.3, -0.25) is 14.4 Å². The summed E-state index contributed by atoms with van der Waals surface area (Å²) in [5, 5.41) is 2.84. The van der Waals surface area contributed by atoms with E-state index in [0.29, 0.717) is 13.1 Å². The highest BCUT2D eigenvalue weighted by molar-refractivity contribution is 5.99. The first-order chi connectivity index (χ1) is 16.0. The van der Waals surface area contributed by atoms with Crippen LogP contribution in [-0.4, -0.2) is 49.9 Å². The first kappa shape index (κ1) is 23.7. The third kappa shape index (κ3) is 4.90. The fourth-order valence-electron chi connectivity index (χ4n) is 4.34. The number of nitrogens with zero attached hydrogens (tertiary/aromatic N) is 3. The van der Waals surface area contributed by atoms with Crippen molar-refractivity contribution in [3.05, 3.63) is 63.8 Å². The van der Waals surface area contributed by atoms with E-state index in [4.69, 9.17) is 4.98 Å². The largest absolute Gasteiger partial charge is 0.350 e. The van der Waals surface area contributed by atoms with Gasteiger partial charge in [0, 0.05) is 43.0 Å². The number of aromatic amines is 1. The second-order valence-electron chi connectivity index (χ2n) is 10.4. The SMILES string of the molecule is CC(C)n1cc(C(=O)NC(C)(C)C)c(=O)c(C(=O)N2CCCC(c3nc4ccccc4[nH]3)C2)c1. The first-order valence-corrected chi connectivity index (χ1v) is 11.9. The number of rotatable bonds is 4. The number of hydrogen-bond acceptors (Lipinski definition) is 4. The fourth-order valence-corrected chi connectivity index (χ4v) is 4.34. The lowest BCUT2D eigenvalue weighted by Gasteiger charge is -2.32. The molecule has 3 heterocycles. The van der Waals surface area contributed by atoms with E-state index in [1.54, 1.807) is 15.7 Å². The van der Waals surface area contributed by atoms with Crippen molar-refractivity contribution in [2.24, 2.45) is 0 Å². The Balaban J connectivity index is 1.64. The maximum absolute atomic E-state index is 13.6. The number of pyridine rings is 1. The van der Waals surface area contributed by atoms with E-state index < -0.39 is 16.9 Å². The number of amides is 2. The number of imidazole rings is 1. The topological polar surface area (TPSA) is 100 Å². The van der Waals surface area contributed by atoms with E-state index in [1.807, 2.05) is 58.9 Å². The van der Waals surface area contributed by atoms with Gasteiger partial charge in [0.1, 0.15) is 17.0 Å². The molecule has 2 aromatic heterocycles. The lowest BCUT2D eigenvalue weighted by molar-refractivity contribution is 0.0702. The molecule has 1 atom stereocenters. The van der Waals surface area contributed by atoms with Crippen molar-refractivity contribution < 1.29 is 9.59 Å². The van der Waals surface area contributed by atoms with Gasteiger partial charge in [-0.05, 0) is 59.6 Å². The van der Waals surface area contributed by atoms with Gasteiger partial charge in [0.25, 0.3) is 11.8 Å². The Kier molecular flexibility index (Phi) is 6.34. The predicted molar refractivity (Wildman–Crippen MR) is 132 cm³/mol. The molecule has 0 radical (unpaired) electrons. The van der Waals surface area contributed by atoms with Crippen LogP contribution in [0.3, 0.4) is 0 Å². The Morgan fingerprint density at radius 2 is 1.85 bits per heavy atom. The van der Waals surface area contributed by atoms with Crippen LogP contribution < -0.4 is 10.7 Å². The molecule has 4 rings (SSSR count). The summed E-state index contributed by atoms with van der Waals surface area (Å²) in [5.74, 6) is 0.104. The molecular formula is C26H33N5O3. The highest BCUT2D eigenvalue weighted by atomic mass is 16.2. The van der Waals surface area contributed by atoms with Crippen molar-refractivity contribution in [2.45, 2.75) is 65.0 Å². The summed E-state index contributed by atoms with van der Waals surface area (Å²) in [4.78, 5) is 49.5. The number of fused-ring (bicyclic) bond motifs is 1. The zero-order chi connectivity index (χ0) is 24.6. The van der Waals surface area contributed by atoms with Crippen LogP contribution in [0.1, 0.15) is 86.0 Å². The number of carbonyl (C=O) groups is 2. The third-order valence-electron chi connectivity index (χ3n) is 6.11. The van der Waals surface area contributed by atoms with E-state index in [1.165, 1.54) is 6.20 Å². The normalized spacial score (nSPS) is 16.8. The molecule has 34 heavy (non-hydrogen) atoms. The molecule has 0 bridgehead atoms. The Morgan fingerprint density at radius 3 is 2.53 bits per heavy atom. The highest BCUT2D eigenvalue weighted by Gasteiger charge is 2.30. The van der Waals surface area contributed by atoms with E-state index >= 15 is 0 Å². The molecule has 1 fully saturated rings. The molecule has 3 aromatic rings.